The third kappa shape index (κ3) is 3.91. The molecule has 0 saturated heterocycles. The molecule has 12 heavy (non-hydrogen) atoms. The van der Waals surface area contributed by atoms with E-state index in [1.165, 1.54) is 6.08 Å². The molecule has 0 bridgehead atoms. The van der Waals surface area contributed by atoms with Crippen molar-refractivity contribution in [3.8, 4) is 0 Å². The summed E-state index contributed by atoms with van der Waals surface area (Å²) in [7, 11) is 0. The molecule has 0 N–H and O–H groups in total. The van der Waals surface area contributed by atoms with Crippen molar-refractivity contribution in [2.45, 2.75) is 20.5 Å². The van der Waals surface area contributed by atoms with Crippen LogP contribution in [0.3, 0.4) is 0 Å². The minimum atomic E-state index is -2.79. The quantitative estimate of drug-likeness (QED) is 0.469. The minimum Gasteiger partial charge on any atom is -0.435 e. The molecule has 0 saturated carbocycles. The second kappa shape index (κ2) is 5.52. The van der Waals surface area contributed by atoms with Gasteiger partial charge in [-0.1, -0.05) is 18.7 Å². The van der Waals surface area contributed by atoms with Crippen LogP contribution in [0.25, 0.3) is 0 Å². The molecular formula is C9H12F2O. The molecule has 0 unspecified atom stereocenters. The van der Waals surface area contributed by atoms with E-state index in [4.69, 9.17) is 0 Å². The van der Waals surface area contributed by atoms with Gasteiger partial charge in [0.25, 0.3) is 0 Å². The van der Waals surface area contributed by atoms with Crippen LogP contribution in [0.5, 0.6) is 0 Å². The standard InChI is InChI=1S/C9H12F2O/c1-4-6-7(3)8(5-2)12-9(10)11/h4-6,9H,2H2,1,3H3/b6-4-,8-7+. The molecule has 0 aromatic heterocycles. The Morgan fingerprint density at radius 2 is 2.08 bits per heavy atom. The molecule has 0 spiro atoms. The smallest absolute Gasteiger partial charge is 0.387 e. The van der Waals surface area contributed by atoms with Gasteiger partial charge in [-0.3, -0.25) is 0 Å². The van der Waals surface area contributed by atoms with Gasteiger partial charge in [-0.05, 0) is 25.5 Å². The Balaban J connectivity index is 4.49. The van der Waals surface area contributed by atoms with Crippen molar-refractivity contribution in [2.24, 2.45) is 0 Å². The van der Waals surface area contributed by atoms with Crippen LogP contribution in [-0.2, 0) is 4.74 Å². The summed E-state index contributed by atoms with van der Waals surface area (Å²) in [6.45, 7) is 4.05. The summed E-state index contributed by atoms with van der Waals surface area (Å²) in [6, 6.07) is 0. The molecule has 68 valence electrons. The molecule has 0 rings (SSSR count). The first-order chi connectivity index (χ1) is 5.61. The van der Waals surface area contributed by atoms with Crippen molar-refractivity contribution in [3.05, 3.63) is 36.1 Å². The van der Waals surface area contributed by atoms with Gasteiger partial charge in [-0.2, -0.15) is 8.78 Å². The van der Waals surface area contributed by atoms with Gasteiger partial charge in [0, 0.05) is 0 Å². The Hall–Kier alpha value is -1.12. The van der Waals surface area contributed by atoms with E-state index in [9.17, 15) is 8.78 Å². The number of halogens is 2. The lowest BCUT2D eigenvalue weighted by atomic mass is 10.2. The fourth-order valence-electron chi connectivity index (χ4n) is 0.730. The van der Waals surface area contributed by atoms with Crippen LogP contribution < -0.4 is 0 Å². The Bertz CT molecular complexity index is 205. The topological polar surface area (TPSA) is 9.23 Å². The molecule has 0 aromatic rings. The molecule has 0 fully saturated rings. The fraction of sp³-hybridized carbons (Fsp3) is 0.333. The summed E-state index contributed by atoms with van der Waals surface area (Å²) < 4.78 is 27.7. The van der Waals surface area contributed by atoms with Crippen LogP contribution in [0.15, 0.2) is 36.1 Å². The van der Waals surface area contributed by atoms with Crippen molar-refractivity contribution in [3.63, 3.8) is 0 Å². The number of alkyl halides is 2. The first-order valence-corrected chi connectivity index (χ1v) is 3.52. The Morgan fingerprint density at radius 3 is 2.42 bits per heavy atom. The highest BCUT2D eigenvalue weighted by Gasteiger charge is 2.05. The van der Waals surface area contributed by atoms with E-state index in [0.717, 1.165) is 0 Å². The van der Waals surface area contributed by atoms with Crippen molar-refractivity contribution < 1.29 is 13.5 Å². The van der Waals surface area contributed by atoms with Crippen LogP contribution in [0.2, 0.25) is 0 Å². The summed E-state index contributed by atoms with van der Waals surface area (Å²) >= 11 is 0. The number of hydrogen-bond acceptors (Lipinski definition) is 1. The molecule has 0 atom stereocenters. The number of hydrogen-bond donors (Lipinski definition) is 0. The van der Waals surface area contributed by atoms with E-state index >= 15 is 0 Å². The summed E-state index contributed by atoms with van der Waals surface area (Å²) in [5.74, 6) is 0.114. The molecule has 0 aromatic carbocycles. The number of allylic oxidation sites excluding steroid dienone is 4. The van der Waals surface area contributed by atoms with Crippen LogP contribution in [-0.4, -0.2) is 6.61 Å². The monoisotopic (exact) mass is 174 g/mol. The van der Waals surface area contributed by atoms with Crippen LogP contribution in [0, 0.1) is 0 Å². The maximum absolute atomic E-state index is 11.7. The molecular weight excluding hydrogens is 162 g/mol. The van der Waals surface area contributed by atoms with Gasteiger partial charge in [-0.25, -0.2) is 0 Å². The largest absolute Gasteiger partial charge is 0.435 e. The maximum atomic E-state index is 11.7. The molecule has 0 aliphatic rings. The van der Waals surface area contributed by atoms with E-state index in [1.807, 2.05) is 0 Å². The first-order valence-electron chi connectivity index (χ1n) is 3.52. The van der Waals surface area contributed by atoms with Crippen LogP contribution >= 0.6 is 0 Å². The summed E-state index contributed by atoms with van der Waals surface area (Å²) in [5.41, 5.74) is 0.632. The molecule has 0 heterocycles. The van der Waals surface area contributed by atoms with E-state index in [-0.39, 0.29) is 5.76 Å². The SMILES string of the molecule is C=C/C(OC(F)F)=C(C)\C=C/C. The lowest BCUT2D eigenvalue weighted by molar-refractivity contribution is -0.0926. The highest BCUT2D eigenvalue weighted by atomic mass is 19.3. The molecule has 1 nitrogen and oxygen atoms in total. The van der Waals surface area contributed by atoms with Crippen molar-refractivity contribution in [1.29, 1.82) is 0 Å². The first kappa shape index (κ1) is 10.9. The van der Waals surface area contributed by atoms with E-state index in [0.29, 0.717) is 5.57 Å². The molecule has 0 radical (unpaired) electrons. The fourth-order valence-corrected chi connectivity index (χ4v) is 0.730. The third-order valence-corrected chi connectivity index (χ3v) is 1.21. The lowest BCUT2D eigenvalue weighted by Gasteiger charge is -2.06. The second-order valence-corrected chi connectivity index (χ2v) is 2.13. The highest BCUT2D eigenvalue weighted by Crippen LogP contribution is 2.12. The summed E-state index contributed by atoms with van der Waals surface area (Å²) in [6.07, 6.45) is 4.69. The van der Waals surface area contributed by atoms with Crippen LogP contribution in [0.1, 0.15) is 13.8 Å². The van der Waals surface area contributed by atoms with Crippen molar-refractivity contribution in [1.82, 2.24) is 0 Å². The van der Waals surface area contributed by atoms with Gasteiger partial charge < -0.3 is 4.74 Å². The van der Waals surface area contributed by atoms with E-state index in [2.05, 4.69) is 11.3 Å². The predicted molar refractivity (Wildman–Crippen MR) is 44.8 cm³/mol. The zero-order valence-corrected chi connectivity index (χ0v) is 7.18. The number of rotatable bonds is 4. The average molecular weight is 174 g/mol. The number of ether oxygens (including phenoxy) is 1. The van der Waals surface area contributed by atoms with Gasteiger partial charge in [0.05, 0.1) is 0 Å². The van der Waals surface area contributed by atoms with Gasteiger partial charge >= 0.3 is 6.61 Å². The van der Waals surface area contributed by atoms with E-state index in [1.54, 1.807) is 26.0 Å². The van der Waals surface area contributed by atoms with Crippen LogP contribution in [0.4, 0.5) is 8.78 Å². The van der Waals surface area contributed by atoms with Gasteiger partial charge in [0.15, 0.2) is 0 Å². The normalized spacial score (nSPS) is 13.4. The Morgan fingerprint density at radius 1 is 1.50 bits per heavy atom. The van der Waals surface area contributed by atoms with Crippen molar-refractivity contribution >= 4 is 0 Å². The average Bonchev–Trinajstić information content (AvgIpc) is 2.00. The lowest BCUT2D eigenvalue weighted by Crippen LogP contribution is -1.98. The van der Waals surface area contributed by atoms with Gasteiger partial charge in [-0.15, -0.1) is 0 Å². The van der Waals surface area contributed by atoms with E-state index < -0.39 is 6.61 Å². The summed E-state index contributed by atoms with van der Waals surface area (Å²) in [4.78, 5) is 0. The minimum absolute atomic E-state index is 0.114. The summed E-state index contributed by atoms with van der Waals surface area (Å²) in [5, 5.41) is 0. The van der Waals surface area contributed by atoms with Gasteiger partial charge in [0.1, 0.15) is 5.76 Å². The van der Waals surface area contributed by atoms with Crippen molar-refractivity contribution in [2.75, 3.05) is 0 Å². The molecule has 0 aliphatic carbocycles. The zero-order valence-electron chi connectivity index (χ0n) is 7.18. The molecule has 0 aliphatic heterocycles. The zero-order chi connectivity index (χ0) is 9.56. The Labute approximate surface area is 71.0 Å². The third-order valence-electron chi connectivity index (χ3n) is 1.21. The molecule has 0 amide bonds. The highest BCUT2D eigenvalue weighted by molar-refractivity contribution is 5.25. The maximum Gasteiger partial charge on any atom is 0.387 e. The Kier molecular flexibility index (Phi) is 5.00. The second-order valence-electron chi connectivity index (χ2n) is 2.13. The molecule has 3 heteroatoms. The predicted octanol–water partition coefficient (Wildman–Crippen LogP) is 3.26. The van der Waals surface area contributed by atoms with Gasteiger partial charge in [0.2, 0.25) is 0 Å².